The van der Waals surface area contributed by atoms with Gasteiger partial charge in [0.1, 0.15) is 0 Å². The summed E-state index contributed by atoms with van der Waals surface area (Å²) in [6.07, 6.45) is 1.70. The van der Waals surface area contributed by atoms with Crippen molar-refractivity contribution in [2.75, 3.05) is 19.8 Å². The van der Waals surface area contributed by atoms with Crippen LogP contribution < -0.4 is 0 Å². The first-order chi connectivity index (χ1) is 10.8. The van der Waals surface area contributed by atoms with E-state index in [-0.39, 0.29) is 12.5 Å². The quantitative estimate of drug-likeness (QED) is 0.804. The third-order valence-electron chi connectivity index (χ3n) is 4.19. The van der Waals surface area contributed by atoms with Gasteiger partial charge >= 0.3 is 5.97 Å². The van der Waals surface area contributed by atoms with E-state index in [0.29, 0.717) is 13.2 Å². The molecule has 23 heavy (non-hydrogen) atoms. The van der Waals surface area contributed by atoms with Crippen LogP contribution in [0.3, 0.4) is 0 Å². The molecule has 2 rings (SSSR count). The molecule has 1 aliphatic rings. The lowest BCUT2D eigenvalue weighted by molar-refractivity contribution is -0.140. The molecule has 1 heterocycles. The summed E-state index contributed by atoms with van der Waals surface area (Å²) in [5, 5.41) is 18.8. The summed E-state index contributed by atoms with van der Waals surface area (Å²) in [5.41, 5.74) is 1.74. The number of morpholine rings is 1. The van der Waals surface area contributed by atoms with E-state index in [0.717, 1.165) is 25.9 Å². The fourth-order valence-electron chi connectivity index (χ4n) is 2.78. The third kappa shape index (κ3) is 6.29. The summed E-state index contributed by atoms with van der Waals surface area (Å²) in [4.78, 5) is 13.1. The molecule has 0 radical (unpaired) electrons. The number of aryl methyl sites for hydroxylation is 1. The topological polar surface area (TPSA) is 70.0 Å². The molecule has 5 nitrogen and oxygen atoms in total. The number of benzene rings is 1. The highest BCUT2D eigenvalue weighted by Gasteiger charge is 2.25. The molecule has 1 atom stereocenters. The van der Waals surface area contributed by atoms with Crippen LogP contribution in [0, 0.1) is 0 Å². The number of rotatable bonds is 7. The zero-order valence-electron chi connectivity index (χ0n) is 14.0. The van der Waals surface area contributed by atoms with E-state index in [9.17, 15) is 9.90 Å². The van der Waals surface area contributed by atoms with Crippen molar-refractivity contribution in [2.24, 2.45) is 0 Å². The Hall–Kier alpha value is -1.43. The first kappa shape index (κ1) is 17.9. The molecular formula is C18H27NO4. The molecule has 0 bridgehead atoms. The fourth-order valence-corrected chi connectivity index (χ4v) is 2.78. The lowest BCUT2D eigenvalue weighted by Gasteiger charge is -2.34. The van der Waals surface area contributed by atoms with Crippen LogP contribution in [-0.2, 0) is 22.5 Å². The summed E-state index contributed by atoms with van der Waals surface area (Å²) in [6.45, 7) is 6.28. The number of carboxylic acid groups (broad SMARTS) is 1. The first-order valence-electron chi connectivity index (χ1n) is 8.17. The van der Waals surface area contributed by atoms with E-state index in [1.807, 2.05) is 13.8 Å². The summed E-state index contributed by atoms with van der Waals surface area (Å²) in [7, 11) is 0. The average molecular weight is 321 g/mol. The largest absolute Gasteiger partial charge is 0.481 e. The molecule has 0 saturated carbocycles. The number of carbonyl (C=O) groups is 1. The Morgan fingerprint density at radius 2 is 1.96 bits per heavy atom. The highest BCUT2D eigenvalue weighted by molar-refractivity contribution is 5.67. The van der Waals surface area contributed by atoms with Crippen LogP contribution in [0.15, 0.2) is 24.3 Å². The maximum atomic E-state index is 11.0. The number of ether oxygens (including phenoxy) is 1. The van der Waals surface area contributed by atoms with E-state index in [1.54, 1.807) is 0 Å². The minimum absolute atomic E-state index is 0.0592. The Labute approximate surface area is 137 Å². The summed E-state index contributed by atoms with van der Waals surface area (Å²) < 4.78 is 5.41. The highest BCUT2D eigenvalue weighted by Crippen LogP contribution is 2.17. The van der Waals surface area contributed by atoms with Gasteiger partial charge in [-0.2, -0.15) is 0 Å². The maximum absolute atomic E-state index is 11.0. The van der Waals surface area contributed by atoms with Gasteiger partial charge in [-0.1, -0.05) is 24.3 Å². The Balaban J connectivity index is 1.92. The van der Waals surface area contributed by atoms with Gasteiger partial charge in [0.25, 0.3) is 0 Å². The Bertz CT molecular complexity index is 507. The molecule has 1 fully saturated rings. The summed E-state index contributed by atoms with van der Waals surface area (Å²) >= 11 is 0. The number of aliphatic hydroxyl groups is 1. The van der Waals surface area contributed by atoms with E-state index in [1.165, 1.54) is 11.1 Å². The van der Waals surface area contributed by atoms with Crippen molar-refractivity contribution in [3.63, 3.8) is 0 Å². The molecule has 5 heteroatoms. The van der Waals surface area contributed by atoms with Crippen molar-refractivity contribution in [1.29, 1.82) is 0 Å². The number of hydrogen-bond donors (Lipinski definition) is 2. The molecule has 1 saturated heterocycles. The van der Waals surface area contributed by atoms with Crippen LogP contribution in [0.2, 0.25) is 0 Å². The van der Waals surface area contributed by atoms with Gasteiger partial charge in [-0.25, -0.2) is 0 Å². The first-order valence-corrected chi connectivity index (χ1v) is 8.17. The molecule has 2 N–H and O–H groups in total. The number of carboxylic acids is 1. The van der Waals surface area contributed by atoms with Gasteiger partial charge in [0.15, 0.2) is 0 Å². The molecule has 1 aromatic rings. The number of hydrogen-bond acceptors (Lipinski definition) is 4. The van der Waals surface area contributed by atoms with Gasteiger partial charge in [-0.3, -0.25) is 9.69 Å². The molecular weight excluding hydrogens is 294 g/mol. The molecule has 1 aliphatic heterocycles. The van der Waals surface area contributed by atoms with Crippen molar-refractivity contribution >= 4 is 5.97 Å². The van der Waals surface area contributed by atoms with Crippen LogP contribution in [0.5, 0.6) is 0 Å². The van der Waals surface area contributed by atoms with Crippen LogP contribution >= 0.6 is 0 Å². The third-order valence-corrected chi connectivity index (χ3v) is 4.19. The smallest absolute Gasteiger partial charge is 0.305 e. The number of nitrogens with zero attached hydrogens (tertiary/aromatic N) is 1. The molecule has 0 unspecified atom stereocenters. The number of aliphatic carboxylic acids is 1. The monoisotopic (exact) mass is 321 g/mol. The predicted octanol–water partition coefficient (Wildman–Crippen LogP) is 2.07. The van der Waals surface area contributed by atoms with Crippen molar-refractivity contribution in [3.8, 4) is 0 Å². The summed E-state index contributed by atoms with van der Waals surface area (Å²) in [5.74, 6) is -0.785. The van der Waals surface area contributed by atoms with Gasteiger partial charge in [0, 0.05) is 19.1 Å². The highest BCUT2D eigenvalue weighted by atomic mass is 16.5. The normalized spacial score (nSPS) is 19.7. The van der Waals surface area contributed by atoms with Gasteiger partial charge in [-0.05, 0) is 37.8 Å². The lowest BCUT2D eigenvalue weighted by atomic mass is 9.98. The lowest BCUT2D eigenvalue weighted by Crippen LogP contribution is -2.45. The molecule has 0 aromatic heterocycles. The van der Waals surface area contributed by atoms with Gasteiger partial charge < -0.3 is 14.9 Å². The van der Waals surface area contributed by atoms with Crippen molar-refractivity contribution in [3.05, 3.63) is 35.4 Å². The minimum atomic E-state index is -0.785. The van der Waals surface area contributed by atoms with Crippen molar-refractivity contribution in [2.45, 2.75) is 51.3 Å². The molecule has 0 spiro atoms. The Kier molecular flexibility index (Phi) is 6.16. The fraction of sp³-hybridized carbons (Fsp3) is 0.611. The van der Waals surface area contributed by atoms with Crippen LogP contribution in [0.25, 0.3) is 0 Å². The molecule has 128 valence electrons. The van der Waals surface area contributed by atoms with E-state index in [4.69, 9.17) is 9.84 Å². The second-order valence-corrected chi connectivity index (χ2v) is 6.93. The molecule has 0 amide bonds. The average Bonchev–Trinajstić information content (AvgIpc) is 2.47. The van der Waals surface area contributed by atoms with Gasteiger partial charge in [0.2, 0.25) is 0 Å². The second kappa shape index (κ2) is 7.90. The molecule has 1 aromatic carbocycles. The van der Waals surface area contributed by atoms with Crippen LogP contribution in [-0.4, -0.2) is 52.5 Å². The second-order valence-electron chi connectivity index (χ2n) is 6.93. The Morgan fingerprint density at radius 1 is 1.30 bits per heavy atom. The zero-order chi connectivity index (χ0) is 16.9. The summed E-state index contributed by atoms with van der Waals surface area (Å²) in [6, 6.07) is 8.30. The minimum Gasteiger partial charge on any atom is -0.481 e. The van der Waals surface area contributed by atoms with Gasteiger partial charge in [-0.15, -0.1) is 0 Å². The zero-order valence-corrected chi connectivity index (χ0v) is 14.0. The van der Waals surface area contributed by atoms with E-state index < -0.39 is 11.6 Å². The van der Waals surface area contributed by atoms with Crippen LogP contribution in [0.4, 0.5) is 0 Å². The van der Waals surface area contributed by atoms with E-state index in [2.05, 4.69) is 29.2 Å². The Morgan fingerprint density at radius 3 is 2.57 bits per heavy atom. The van der Waals surface area contributed by atoms with E-state index >= 15 is 0 Å². The van der Waals surface area contributed by atoms with Gasteiger partial charge in [0.05, 0.1) is 25.2 Å². The van der Waals surface area contributed by atoms with Crippen molar-refractivity contribution < 1.29 is 19.7 Å². The standard InChI is InChI=1S/C18H27NO4/c1-18(2,22)8-7-14-3-5-15(6-4-14)12-19-9-10-23-13-16(19)11-17(20)21/h3-6,16,22H,7-13H2,1-2H3,(H,20,21)/t16-/m1/s1. The molecule has 0 aliphatic carbocycles. The SMILES string of the molecule is CC(C)(O)CCc1ccc(CN2CCOC[C@H]2CC(=O)O)cc1. The predicted molar refractivity (Wildman–Crippen MR) is 88.3 cm³/mol. The van der Waals surface area contributed by atoms with Crippen LogP contribution in [0.1, 0.15) is 37.8 Å². The maximum Gasteiger partial charge on any atom is 0.305 e. The van der Waals surface area contributed by atoms with Crippen molar-refractivity contribution in [1.82, 2.24) is 4.90 Å².